The molecule has 0 bridgehead atoms. The normalized spacial score (nSPS) is 21.0. The van der Waals surface area contributed by atoms with Crippen LogP contribution in [-0.4, -0.2) is 23.3 Å². The van der Waals surface area contributed by atoms with Crippen molar-refractivity contribution in [2.24, 2.45) is 11.8 Å². The van der Waals surface area contributed by atoms with Gasteiger partial charge in [-0.25, -0.2) is 4.98 Å². The molecule has 1 fully saturated rings. The van der Waals surface area contributed by atoms with Gasteiger partial charge in [0.25, 0.3) is 0 Å². The lowest BCUT2D eigenvalue weighted by atomic mass is 9.78. The van der Waals surface area contributed by atoms with E-state index < -0.39 is 0 Å². The third kappa shape index (κ3) is 5.30. The second-order valence-electron chi connectivity index (χ2n) is 6.22. The maximum atomic E-state index is 12.5. The third-order valence-electron chi connectivity index (χ3n) is 4.38. The van der Waals surface area contributed by atoms with Crippen molar-refractivity contribution >= 4 is 23.2 Å². The van der Waals surface area contributed by atoms with Crippen LogP contribution in [-0.2, 0) is 16.1 Å². The summed E-state index contributed by atoms with van der Waals surface area (Å²) in [6, 6.07) is 0. The Bertz CT molecular complexity index is 530. The molecule has 2 rings (SSSR count). The predicted octanol–water partition coefficient (Wildman–Crippen LogP) is 2.79. The van der Waals surface area contributed by atoms with Gasteiger partial charge in [0, 0.05) is 23.8 Å². The summed E-state index contributed by atoms with van der Waals surface area (Å²) in [5.74, 6) is -0.350. The van der Waals surface area contributed by atoms with E-state index in [1.54, 1.807) is 11.3 Å². The number of nitrogens with one attached hydrogen (secondary N) is 2. The monoisotopic (exact) mass is 337 g/mol. The molecule has 1 aromatic heterocycles. The van der Waals surface area contributed by atoms with E-state index in [1.165, 1.54) is 0 Å². The number of rotatable bonds is 7. The predicted molar refractivity (Wildman–Crippen MR) is 92.1 cm³/mol. The molecule has 5 nitrogen and oxygen atoms in total. The number of thiazole rings is 1. The number of carbonyl (C=O) groups excluding carboxylic acids is 2. The number of carbonyl (C=O) groups is 2. The molecule has 128 valence electrons. The summed E-state index contributed by atoms with van der Waals surface area (Å²) in [5.41, 5.74) is 0.889. The average Bonchev–Trinajstić information content (AvgIpc) is 2.98. The van der Waals surface area contributed by atoms with Gasteiger partial charge in [-0.3, -0.25) is 9.59 Å². The van der Waals surface area contributed by atoms with E-state index in [2.05, 4.69) is 22.5 Å². The fraction of sp³-hybridized carbons (Fsp3) is 0.706. The first-order chi connectivity index (χ1) is 11.1. The Balaban J connectivity index is 1.88. The van der Waals surface area contributed by atoms with Crippen LogP contribution in [0.25, 0.3) is 0 Å². The highest BCUT2D eigenvalue weighted by atomic mass is 32.1. The molecule has 1 aliphatic carbocycles. The maximum absolute atomic E-state index is 12.5. The molecule has 23 heavy (non-hydrogen) atoms. The van der Waals surface area contributed by atoms with E-state index in [1.807, 2.05) is 12.3 Å². The molecule has 1 aromatic rings. The van der Waals surface area contributed by atoms with Gasteiger partial charge in [0.1, 0.15) is 0 Å². The molecule has 2 amide bonds. The molecule has 2 N–H and O–H groups in total. The molecule has 1 saturated carbocycles. The molecule has 0 spiro atoms. The third-order valence-corrected chi connectivity index (χ3v) is 5.20. The van der Waals surface area contributed by atoms with Gasteiger partial charge in [-0.15, -0.1) is 11.3 Å². The summed E-state index contributed by atoms with van der Waals surface area (Å²) in [5, 5.41) is 8.91. The Kier molecular flexibility index (Phi) is 7.02. The first-order valence-electron chi connectivity index (χ1n) is 8.58. The SMILES string of the molecule is CCCCNC(=O)[C@@H]1CCCC[C@@H]1C(=O)NCc1csc(C)n1. The van der Waals surface area contributed by atoms with Crippen LogP contribution in [0, 0.1) is 18.8 Å². The van der Waals surface area contributed by atoms with E-state index in [0.29, 0.717) is 13.1 Å². The number of unbranched alkanes of at least 4 members (excludes halogenated alkanes) is 1. The average molecular weight is 337 g/mol. The topological polar surface area (TPSA) is 71.1 Å². The Morgan fingerprint density at radius 3 is 2.43 bits per heavy atom. The van der Waals surface area contributed by atoms with Crippen LogP contribution < -0.4 is 10.6 Å². The van der Waals surface area contributed by atoms with Crippen molar-refractivity contribution in [3.63, 3.8) is 0 Å². The lowest BCUT2D eigenvalue weighted by Gasteiger charge is -2.29. The van der Waals surface area contributed by atoms with Crippen molar-refractivity contribution in [3.8, 4) is 0 Å². The Morgan fingerprint density at radius 2 is 1.87 bits per heavy atom. The lowest BCUT2D eigenvalue weighted by Crippen LogP contribution is -2.43. The summed E-state index contributed by atoms with van der Waals surface area (Å²) in [4.78, 5) is 29.2. The number of hydrogen-bond acceptors (Lipinski definition) is 4. The van der Waals surface area contributed by atoms with Crippen molar-refractivity contribution in [2.45, 2.75) is 58.9 Å². The van der Waals surface area contributed by atoms with E-state index in [9.17, 15) is 9.59 Å². The van der Waals surface area contributed by atoms with Gasteiger partial charge in [0.2, 0.25) is 11.8 Å². The minimum atomic E-state index is -0.204. The van der Waals surface area contributed by atoms with Crippen LogP contribution >= 0.6 is 11.3 Å². The Morgan fingerprint density at radius 1 is 1.22 bits per heavy atom. The first kappa shape index (κ1) is 17.9. The molecule has 0 saturated heterocycles. The summed E-state index contributed by atoms with van der Waals surface area (Å²) in [7, 11) is 0. The van der Waals surface area contributed by atoms with Gasteiger partial charge in [-0.2, -0.15) is 0 Å². The van der Waals surface area contributed by atoms with Crippen LogP contribution in [0.4, 0.5) is 0 Å². The smallest absolute Gasteiger partial charge is 0.224 e. The van der Waals surface area contributed by atoms with Gasteiger partial charge < -0.3 is 10.6 Å². The van der Waals surface area contributed by atoms with Gasteiger partial charge in [0.05, 0.1) is 17.2 Å². The van der Waals surface area contributed by atoms with Crippen molar-refractivity contribution in [2.75, 3.05) is 6.54 Å². The summed E-state index contributed by atoms with van der Waals surface area (Å²) in [6.07, 6.45) is 5.70. The summed E-state index contributed by atoms with van der Waals surface area (Å²) in [6.45, 7) is 5.21. The van der Waals surface area contributed by atoms with Gasteiger partial charge in [-0.1, -0.05) is 26.2 Å². The second-order valence-corrected chi connectivity index (χ2v) is 7.28. The maximum Gasteiger partial charge on any atom is 0.224 e. The fourth-order valence-corrected chi connectivity index (χ4v) is 3.69. The number of hydrogen-bond donors (Lipinski definition) is 2. The van der Waals surface area contributed by atoms with Crippen LogP contribution in [0.1, 0.15) is 56.2 Å². The number of aromatic nitrogens is 1. The van der Waals surface area contributed by atoms with Crippen LogP contribution in [0.3, 0.4) is 0 Å². The minimum Gasteiger partial charge on any atom is -0.356 e. The van der Waals surface area contributed by atoms with Crippen LogP contribution in [0.15, 0.2) is 5.38 Å². The van der Waals surface area contributed by atoms with Crippen LogP contribution in [0.5, 0.6) is 0 Å². The van der Waals surface area contributed by atoms with E-state index in [-0.39, 0.29) is 23.7 Å². The van der Waals surface area contributed by atoms with E-state index in [4.69, 9.17) is 0 Å². The second kappa shape index (κ2) is 9.01. The van der Waals surface area contributed by atoms with Gasteiger partial charge in [-0.05, 0) is 26.2 Å². The van der Waals surface area contributed by atoms with Crippen molar-refractivity contribution < 1.29 is 9.59 Å². The molecular formula is C17H27N3O2S. The zero-order valence-corrected chi connectivity index (χ0v) is 14.9. The molecule has 1 heterocycles. The molecule has 0 aliphatic heterocycles. The van der Waals surface area contributed by atoms with Crippen LogP contribution in [0.2, 0.25) is 0 Å². The quantitative estimate of drug-likeness (QED) is 0.752. The highest BCUT2D eigenvalue weighted by molar-refractivity contribution is 7.09. The highest BCUT2D eigenvalue weighted by Crippen LogP contribution is 2.30. The van der Waals surface area contributed by atoms with Crippen molar-refractivity contribution in [1.82, 2.24) is 15.6 Å². The Hall–Kier alpha value is -1.43. The van der Waals surface area contributed by atoms with Gasteiger partial charge >= 0.3 is 0 Å². The number of aryl methyl sites for hydroxylation is 1. The summed E-state index contributed by atoms with van der Waals surface area (Å²) >= 11 is 1.58. The molecule has 2 atom stereocenters. The van der Waals surface area contributed by atoms with E-state index >= 15 is 0 Å². The zero-order valence-electron chi connectivity index (χ0n) is 14.1. The standard InChI is InChI=1S/C17H27N3O2S/c1-3-4-9-18-16(21)14-7-5-6-8-15(14)17(22)19-10-13-11-23-12(2)20-13/h11,14-15H,3-10H2,1-2H3,(H,18,21)(H,19,22)/t14-,15+/m1/s1. The highest BCUT2D eigenvalue weighted by Gasteiger charge is 2.35. The fourth-order valence-electron chi connectivity index (χ4n) is 3.08. The Labute approximate surface area is 142 Å². The van der Waals surface area contributed by atoms with Crippen molar-refractivity contribution in [1.29, 1.82) is 0 Å². The molecule has 6 heteroatoms. The van der Waals surface area contributed by atoms with E-state index in [0.717, 1.165) is 49.2 Å². The molecule has 0 aromatic carbocycles. The number of nitrogens with zero attached hydrogens (tertiary/aromatic N) is 1. The van der Waals surface area contributed by atoms with Gasteiger partial charge in [0.15, 0.2) is 0 Å². The summed E-state index contributed by atoms with van der Waals surface area (Å²) < 4.78 is 0. The molecular weight excluding hydrogens is 310 g/mol. The first-order valence-corrected chi connectivity index (χ1v) is 9.46. The molecule has 0 radical (unpaired) electrons. The number of amides is 2. The molecule has 0 unspecified atom stereocenters. The van der Waals surface area contributed by atoms with Crippen molar-refractivity contribution in [3.05, 3.63) is 16.1 Å². The molecule has 1 aliphatic rings. The zero-order chi connectivity index (χ0) is 16.7. The largest absolute Gasteiger partial charge is 0.356 e. The lowest BCUT2D eigenvalue weighted by molar-refractivity contribution is -0.136. The minimum absolute atomic E-state index is 0.00834.